The largest absolute Gasteiger partial charge is 0.497 e. The number of methoxy groups -OCH3 is 1. The molecule has 2 aromatic carbocycles. The van der Waals surface area contributed by atoms with Crippen LogP contribution in [-0.4, -0.2) is 35.5 Å². The number of nitrogens with zero attached hydrogens (tertiary/aromatic N) is 2. The SMILES string of the molecule is CCC(C)(C)NC(=O)[C@H](c1ccc(OC)cc1)N(C(=O)CCC(=O)Nc1cc(C)on1)c1ccccc1Cl. The number of hydrogen-bond donors (Lipinski definition) is 2. The highest BCUT2D eigenvalue weighted by atomic mass is 35.5. The van der Waals surface area contributed by atoms with Gasteiger partial charge in [-0.05, 0) is 57.0 Å². The van der Waals surface area contributed by atoms with Gasteiger partial charge in [-0.3, -0.25) is 19.3 Å². The lowest BCUT2D eigenvalue weighted by molar-refractivity contribution is -0.128. The van der Waals surface area contributed by atoms with Gasteiger partial charge in [-0.2, -0.15) is 0 Å². The van der Waals surface area contributed by atoms with Crippen molar-refractivity contribution in [2.24, 2.45) is 0 Å². The first-order valence-electron chi connectivity index (χ1n) is 12.3. The van der Waals surface area contributed by atoms with Gasteiger partial charge >= 0.3 is 0 Å². The quantitative estimate of drug-likeness (QED) is 0.334. The lowest BCUT2D eigenvalue weighted by Crippen LogP contribution is -2.50. The van der Waals surface area contributed by atoms with E-state index in [1.807, 2.05) is 20.8 Å². The molecule has 3 rings (SSSR count). The van der Waals surface area contributed by atoms with Crippen molar-refractivity contribution in [2.75, 3.05) is 17.3 Å². The molecule has 0 bridgehead atoms. The van der Waals surface area contributed by atoms with Crippen LogP contribution in [0.15, 0.2) is 59.1 Å². The second-order valence-electron chi connectivity index (χ2n) is 9.49. The fraction of sp³-hybridized carbons (Fsp3) is 0.357. The molecule has 2 N–H and O–H groups in total. The highest BCUT2D eigenvalue weighted by Crippen LogP contribution is 2.35. The number of para-hydroxylation sites is 1. The van der Waals surface area contributed by atoms with Crippen LogP contribution in [0.25, 0.3) is 0 Å². The number of benzene rings is 2. The predicted octanol–water partition coefficient (Wildman–Crippen LogP) is 5.44. The molecule has 1 aromatic heterocycles. The highest BCUT2D eigenvalue weighted by molar-refractivity contribution is 6.34. The molecule has 0 spiro atoms. The maximum atomic E-state index is 13.8. The summed E-state index contributed by atoms with van der Waals surface area (Å²) in [5.41, 5.74) is 0.398. The number of anilines is 2. The summed E-state index contributed by atoms with van der Waals surface area (Å²) in [6, 6.07) is 14.2. The zero-order chi connectivity index (χ0) is 27.9. The molecule has 0 saturated carbocycles. The van der Waals surface area contributed by atoms with Crippen molar-refractivity contribution in [3.63, 3.8) is 0 Å². The number of rotatable bonds is 11. The Bertz CT molecular complexity index is 1270. The minimum atomic E-state index is -1.06. The van der Waals surface area contributed by atoms with Crippen molar-refractivity contribution in [2.45, 2.75) is 58.5 Å². The van der Waals surface area contributed by atoms with E-state index in [-0.39, 0.29) is 24.6 Å². The number of halogens is 1. The first-order chi connectivity index (χ1) is 18.0. The van der Waals surface area contributed by atoms with Gasteiger partial charge in [-0.1, -0.05) is 47.9 Å². The Kier molecular flexibility index (Phi) is 9.52. The molecule has 202 valence electrons. The summed E-state index contributed by atoms with van der Waals surface area (Å²) in [7, 11) is 1.55. The van der Waals surface area contributed by atoms with Gasteiger partial charge in [0.15, 0.2) is 5.82 Å². The standard InChI is InChI=1S/C28H33ClN4O5/c1-6-28(3,4)31-27(36)26(19-11-13-20(37-5)14-12-19)33(22-10-8-7-9-21(22)29)25(35)16-15-24(34)30-23-17-18(2)38-32-23/h7-14,17,26H,6,15-16H2,1-5H3,(H,31,36)(H,30,32,34)/t26-/m0/s1. The first-order valence-corrected chi connectivity index (χ1v) is 12.7. The second kappa shape index (κ2) is 12.6. The molecule has 1 atom stereocenters. The van der Waals surface area contributed by atoms with Crippen molar-refractivity contribution in [1.29, 1.82) is 0 Å². The Labute approximate surface area is 227 Å². The van der Waals surface area contributed by atoms with Crippen molar-refractivity contribution in [3.8, 4) is 5.75 Å². The number of nitrogens with one attached hydrogen (secondary N) is 2. The van der Waals surface area contributed by atoms with Gasteiger partial charge in [0.2, 0.25) is 17.7 Å². The summed E-state index contributed by atoms with van der Waals surface area (Å²) >= 11 is 6.54. The number of ether oxygens (including phenoxy) is 1. The normalized spacial score (nSPS) is 11.9. The van der Waals surface area contributed by atoms with E-state index in [0.29, 0.717) is 34.2 Å². The van der Waals surface area contributed by atoms with E-state index < -0.39 is 23.4 Å². The van der Waals surface area contributed by atoms with Crippen LogP contribution >= 0.6 is 11.6 Å². The lowest BCUT2D eigenvalue weighted by atomic mass is 9.98. The van der Waals surface area contributed by atoms with Gasteiger partial charge in [-0.15, -0.1) is 0 Å². The van der Waals surface area contributed by atoms with Crippen LogP contribution in [0, 0.1) is 6.92 Å². The molecule has 10 heteroatoms. The summed E-state index contributed by atoms with van der Waals surface area (Å²) in [6.45, 7) is 7.49. The van der Waals surface area contributed by atoms with E-state index in [2.05, 4.69) is 15.8 Å². The summed E-state index contributed by atoms with van der Waals surface area (Å²) < 4.78 is 10.2. The molecule has 0 fully saturated rings. The van der Waals surface area contributed by atoms with E-state index in [1.165, 1.54) is 4.90 Å². The number of amides is 3. The average molecular weight is 541 g/mol. The molecule has 1 heterocycles. The number of carbonyl (C=O) groups excluding carboxylic acids is 3. The smallest absolute Gasteiger partial charge is 0.248 e. The molecule has 0 aliphatic rings. The van der Waals surface area contributed by atoms with E-state index in [0.717, 1.165) is 0 Å². The first kappa shape index (κ1) is 28.7. The number of aryl methyl sites for hydroxylation is 1. The summed E-state index contributed by atoms with van der Waals surface area (Å²) in [5.74, 6) is 0.179. The van der Waals surface area contributed by atoms with Crippen molar-refractivity contribution >= 4 is 40.8 Å². The van der Waals surface area contributed by atoms with Crippen LogP contribution in [-0.2, 0) is 14.4 Å². The van der Waals surface area contributed by atoms with Gasteiger partial charge in [0.05, 0.1) is 17.8 Å². The minimum Gasteiger partial charge on any atom is -0.497 e. The fourth-order valence-corrected chi connectivity index (χ4v) is 3.96. The zero-order valence-corrected chi connectivity index (χ0v) is 23.0. The number of aromatic nitrogens is 1. The molecule has 0 aliphatic heterocycles. The predicted molar refractivity (Wildman–Crippen MR) is 146 cm³/mol. The van der Waals surface area contributed by atoms with Crippen LogP contribution in [0.5, 0.6) is 5.75 Å². The Morgan fingerprint density at radius 3 is 2.37 bits per heavy atom. The molecule has 3 amide bonds. The maximum absolute atomic E-state index is 13.8. The molecule has 0 radical (unpaired) electrons. The topological polar surface area (TPSA) is 114 Å². The van der Waals surface area contributed by atoms with Gasteiger partial charge in [0.25, 0.3) is 0 Å². The number of carbonyl (C=O) groups is 3. The van der Waals surface area contributed by atoms with Crippen molar-refractivity contribution in [3.05, 3.63) is 70.9 Å². The molecule has 9 nitrogen and oxygen atoms in total. The molecule has 0 unspecified atom stereocenters. The van der Waals surface area contributed by atoms with Gasteiger partial charge < -0.3 is 19.9 Å². The van der Waals surface area contributed by atoms with E-state index in [9.17, 15) is 14.4 Å². The Morgan fingerprint density at radius 2 is 1.79 bits per heavy atom. The van der Waals surface area contributed by atoms with E-state index >= 15 is 0 Å². The second-order valence-corrected chi connectivity index (χ2v) is 9.90. The Hall–Kier alpha value is -3.85. The van der Waals surface area contributed by atoms with E-state index in [4.69, 9.17) is 20.9 Å². The number of hydrogen-bond acceptors (Lipinski definition) is 6. The van der Waals surface area contributed by atoms with Crippen LogP contribution in [0.2, 0.25) is 5.02 Å². The molecular formula is C28H33ClN4O5. The van der Waals surface area contributed by atoms with Crippen LogP contribution in [0.1, 0.15) is 57.4 Å². The zero-order valence-electron chi connectivity index (χ0n) is 22.2. The van der Waals surface area contributed by atoms with Crippen molar-refractivity contribution < 1.29 is 23.6 Å². The van der Waals surface area contributed by atoms with Gasteiger partial charge in [0.1, 0.15) is 17.6 Å². The van der Waals surface area contributed by atoms with Crippen molar-refractivity contribution in [1.82, 2.24) is 10.5 Å². The molecule has 38 heavy (non-hydrogen) atoms. The highest BCUT2D eigenvalue weighted by Gasteiger charge is 2.35. The van der Waals surface area contributed by atoms with Crippen LogP contribution < -0.4 is 20.3 Å². The lowest BCUT2D eigenvalue weighted by Gasteiger charge is -2.35. The third kappa shape index (κ3) is 7.35. The molecule has 3 aromatic rings. The van der Waals surface area contributed by atoms with Gasteiger partial charge in [0, 0.05) is 24.4 Å². The summed E-state index contributed by atoms with van der Waals surface area (Å²) in [6.07, 6.45) is 0.365. The van der Waals surface area contributed by atoms with Gasteiger partial charge in [-0.25, -0.2) is 0 Å². The summed E-state index contributed by atoms with van der Waals surface area (Å²) in [4.78, 5) is 41.5. The Balaban J connectivity index is 1.98. The molecule has 0 aliphatic carbocycles. The minimum absolute atomic E-state index is 0.136. The van der Waals surface area contributed by atoms with Crippen LogP contribution in [0.4, 0.5) is 11.5 Å². The third-order valence-corrected chi connectivity index (χ3v) is 6.45. The van der Waals surface area contributed by atoms with Crippen LogP contribution in [0.3, 0.4) is 0 Å². The van der Waals surface area contributed by atoms with E-state index in [1.54, 1.807) is 68.6 Å². The average Bonchev–Trinajstić information content (AvgIpc) is 3.30. The third-order valence-electron chi connectivity index (χ3n) is 6.13. The molecule has 0 saturated heterocycles. The maximum Gasteiger partial charge on any atom is 0.248 e. The fourth-order valence-electron chi connectivity index (χ4n) is 3.73. The molecular weight excluding hydrogens is 508 g/mol. The Morgan fingerprint density at radius 1 is 1.11 bits per heavy atom. The summed E-state index contributed by atoms with van der Waals surface area (Å²) in [5, 5.41) is 9.70. The monoisotopic (exact) mass is 540 g/mol.